The Kier molecular flexibility index (Phi) is 8.83. The number of ether oxygens (including phenoxy) is 4. The largest absolute Gasteiger partial charge is 0.462 e. The van der Waals surface area contributed by atoms with Crippen LogP contribution in [0.1, 0.15) is 41.0 Å². The van der Waals surface area contributed by atoms with Crippen molar-refractivity contribution in [2.45, 2.75) is 26.4 Å². The molecular weight excluding hydrogens is 387 g/mol. The first-order chi connectivity index (χ1) is 14.0. The molecule has 29 heavy (non-hydrogen) atoms. The maximum atomic E-state index is 12.2. The molecular formula is C18H21FN4O6. The molecule has 0 amide bonds. The summed E-state index contributed by atoms with van der Waals surface area (Å²) in [6, 6.07) is 0.258. The fourth-order valence-electron chi connectivity index (χ4n) is 2.08. The quantitative estimate of drug-likeness (QED) is 0.514. The van der Waals surface area contributed by atoms with E-state index in [4.69, 9.17) is 14.2 Å². The van der Waals surface area contributed by atoms with E-state index in [2.05, 4.69) is 24.7 Å². The number of carbonyl (C=O) groups excluding carboxylic acids is 2. The average molecular weight is 408 g/mol. The Morgan fingerprint density at radius 2 is 1.52 bits per heavy atom. The molecule has 0 unspecified atom stereocenters. The molecule has 0 aromatic carbocycles. The van der Waals surface area contributed by atoms with Crippen molar-refractivity contribution < 1.29 is 32.9 Å². The predicted octanol–water partition coefficient (Wildman–Crippen LogP) is 1.61. The lowest BCUT2D eigenvalue weighted by atomic mass is 10.3. The van der Waals surface area contributed by atoms with Crippen LogP contribution in [0.2, 0.25) is 0 Å². The molecule has 0 spiro atoms. The molecule has 1 aliphatic heterocycles. The molecule has 156 valence electrons. The highest BCUT2D eigenvalue weighted by atomic mass is 19.1. The van der Waals surface area contributed by atoms with Crippen molar-refractivity contribution in [2.75, 3.05) is 26.4 Å². The van der Waals surface area contributed by atoms with Crippen LogP contribution in [0.3, 0.4) is 0 Å². The van der Waals surface area contributed by atoms with Gasteiger partial charge in [0.15, 0.2) is 0 Å². The van der Waals surface area contributed by atoms with Gasteiger partial charge in [-0.05, 0) is 13.8 Å². The SMILES string of the molecule is CCOC(=O)c1cnc(F)nc1.CCOC(=O)c1cnc(O[C@H]2CCOC2)nc1. The van der Waals surface area contributed by atoms with Gasteiger partial charge in [-0.2, -0.15) is 4.39 Å². The van der Waals surface area contributed by atoms with Crippen molar-refractivity contribution in [1.29, 1.82) is 0 Å². The first-order valence-corrected chi connectivity index (χ1v) is 8.91. The van der Waals surface area contributed by atoms with Crippen LogP contribution in [0.4, 0.5) is 4.39 Å². The second-order valence-corrected chi connectivity index (χ2v) is 5.54. The van der Waals surface area contributed by atoms with Gasteiger partial charge in [-0.3, -0.25) is 0 Å². The highest BCUT2D eigenvalue weighted by Gasteiger charge is 2.18. The molecule has 1 saturated heterocycles. The van der Waals surface area contributed by atoms with Crippen LogP contribution in [0, 0.1) is 6.08 Å². The summed E-state index contributed by atoms with van der Waals surface area (Å²) in [5.41, 5.74) is 0.472. The van der Waals surface area contributed by atoms with Gasteiger partial charge in [0.2, 0.25) is 0 Å². The van der Waals surface area contributed by atoms with E-state index in [-0.39, 0.29) is 24.3 Å². The number of halogens is 1. The second-order valence-electron chi connectivity index (χ2n) is 5.54. The Morgan fingerprint density at radius 1 is 1.00 bits per heavy atom. The third-order valence-electron chi connectivity index (χ3n) is 3.43. The zero-order chi connectivity index (χ0) is 21.1. The maximum absolute atomic E-state index is 12.2. The molecule has 0 N–H and O–H groups in total. The highest BCUT2D eigenvalue weighted by molar-refractivity contribution is 5.89. The van der Waals surface area contributed by atoms with Gasteiger partial charge in [-0.25, -0.2) is 29.5 Å². The molecule has 2 aromatic heterocycles. The van der Waals surface area contributed by atoms with Crippen LogP contribution in [-0.2, 0) is 14.2 Å². The van der Waals surface area contributed by atoms with Crippen LogP contribution in [0.5, 0.6) is 6.01 Å². The van der Waals surface area contributed by atoms with Gasteiger partial charge >= 0.3 is 24.0 Å². The van der Waals surface area contributed by atoms with Crippen molar-refractivity contribution in [1.82, 2.24) is 19.9 Å². The number of hydrogen-bond donors (Lipinski definition) is 0. The van der Waals surface area contributed by atoms with E-state index in [0.29, 0.717) is 25.4 Å². The summed E-state index contributed by atoms with van der Waals surface area (Å²) in [6.45, 7) is 5.29. The van der Waals surface area contributed by atoms with E-state index in [0.717, 1.165) is 18.8 Å². The topological polar surface area (TPSA) is 123 Å². The predicted molar refractivity (Wildman–Crippen MR) is 95.8 cm³/mol. The molecule has 0 saturated carbocycles. The monoisotopic (exact) mass is 408 g/mol. The second kappa shape index (κ2) is 11.6. The average Bonchev–Trinajstić information content (AvgIpc) is 3.23. The Bertz CT molecular complexity index is 782. The lowest BCUT2D eigenvalue weighted by molar-refractivity contribution is 0.0515. The molecule has 0 aliphatic carbocycles. The number of carbonyl (C=O) groups is 2. The van der Waals surface area contributed by atoms with E-state index < -0.39 is 18.0 Å². The van der Waals surface area contributed by atoms with Crippen molar-refractivity contribution in [2.24, 2.45) is 0 Å². The minimum absolute atomic E-state index is 0.00319. The minimum atomic E-state index is -0.858. The third-order valence-corrected chi connectivity index (χ3v) is 3.43. The molecule has 10 nitrogen and oxygen atoms in total. The number of rotatable bonds is 6. The van der Waals surface area contributed by atoms with Crippen molar-refractivity contribution in [3.63, 3.8) is 0 Å². The molecule has 0 radical (unpaired) electrons. The normalized spacial score (nSPS) is 15.1. The maximum Gasteiger partial charge on any atom is 0.341 e. The standard InChI is InChI=1S/C11H14N2O4.C7H7FN2O2/c1-2-16-10(14)8-5-12-11(13-6-8)17-9-3-4-15-7-9;1-2-12-6(11)5-3-9-7(8)10-4-5/h5-6,9H,2-4,7H2,1H3;3-4H,2H2,1H3/t9-;/m0./s1. The van der Waals surface area contributed by atoms with Gasteiger partial charge < -0.3 is 18.9 Å². The summed E-state index contributed by atoms with van der Waals surface area (Å²) in [4.78, 5) is 36.6. The van der Waals surface area contributed by atoms with Gasteiger partial charge in [0, 0.05) is 31.2 Å². The molecule has 11 heteroatoms. The van der Waals surface area contributed by atoms with Gasteiger partial charge in [0.25, 0.3) is 0 Å². The first-order valence-electron chi connectivity index (χ1n) is 8.91. The van der Waals surface area contributed by atoms with Gasteiger partial charge in [-0.15, -0.1) is 0 Å². The fraction of sp³-hybridized carbons (Fsp3) is 0.444. The zero-order valence-electron chi connectivity index (χ0n) is 16.0. The lowest BCUT2D eigenvalue weighted by Gasteiger charge is -2.09. The third kappa shape index (κ3) is 7.37. The number of aromatic nitrogens is 4. The van der Waals surface area contributed by atoms with E-state index in [9.17, 15) is 14.0 Å². The summed E-state index contributed by atoms with van der Waals surface area (Å²) in [5, 5.41) is 0. The van der Waals surface area contributed by atoms with Crippen molar-refractivity contribution >= 4 is 11.9 Å². The summed E-state index contributed by atoms with van der Waals surface area (Å²) < 4.78 is 32.2. The molecule has 1 aliphatic rings. The van der Waals surface area contributed by atoms with Crippen LogP contribution in [0.25, 0.3) is 0 Å². The zero-order valence-corrected chi connectivity index (χ0v) is 16.0. The van der Waals surface area contributed by atoms with Crippen LogP contribution in [0.15, 0.2) is 24.8 Å². The number of hydrogen-bond acceptors (Lipinski definition) is 10. The Morgan fingerprint density at radius 3 is 1.97 bits per heavy atom. The molecule has 2 aromatic rings. The highest BCUT2D eigenvalue weighted by Crippen LogP contribution is 2.12. The van der Waals surface area contributed by atoms with Crippen LogP contribution in [-0.4, -0.2) is 64.4 Å². The summed E-state index contributed by atoms with van der Waals surface area (Å²) in [7, 11) is 0. The minimum Gasteiger partial charge on any atom is -0.462 e. The Labute approximate surface area is 166 Å². The van der Waals surface area contributed by atoms with Crippen molar-refractivity contribution in [3.05, 3.63) is 42.0 Å². The van der Waals surface area contributed by atoms with Gasteiger partial charge in [0.1, 0.15) is 6.10 Å². The molecule has 3 rings (SSSR count). The molecule has 1 atom stereocenters. The number of nitrogens with zero attached hydrogens (tertiary/aromatic N) is 4. The fourth-order valence-corrected chi connectivity index (χ4v) is 2.08. The first kappa shape index (κ1) is 22.1. The van der Waals surface area contributed by atoms with Gasteiger partial charge in [-0.1, -0.05) is 0 Å². The summed E-state index contributed by atoms with van der Waals surface area (Å²) in [5.74, 6) is -0.972. The Hall–Kier alpha value is -3.21. The molecule has 3 heterocycles. The molecule has 0 bridgehead atoms. The number of esters is 2. The summed E-state index contributed by atoms with van der Waals surface area (Å²) >= 11 is 0. The van der Waals surface area contributed by atoms with E-state index in [1.165, 1.54) is 12.4 Å². The van der Waals surface area contributed by atoms with E-state index >= 15 is 0 Å². The van der Waals surface area contributed by atoms with Crippen LogP contribution >= 0.6 is 0 Å². The Balaban J connectivity index is 0.000000221. The summed E-state index contributed by atoms with van der Waals surface area (Å²) in [6.07, 6.45) is 4.95. The van der Waals surface area contributed by atoms with E-state index in [1.807, 2.05) is 0 Å². The molecule has 1 fully saturated rings. The van der Waals surface area contributed by atoms with E-state index in [1.54, 1.807) is 13.8 Å². The van der Waals surface area contributed by atoms with Crippen LogP contribution < -0.4 is 4.74 Å². The smallest absolute Gasteiger partial charge is 0.341 e. The van der Waals surface area contributed by atoms with Crippen molar-refractivity contribution in [3.8, 4) is 6.01 Å². The van der Waals surface area contributed by atoms with Gasteiger partial charge in [0.05, 0.1) is 37.6 Å². The lowest BCUT2D eigenvalue weighted by Crippen LogP contribution is -2.17.